The molecular weight excluding hydrogens is 230 g/mol. The molecule has 0 unspecified atom stereocenters. The average molecular weight is 247 g/mol. The predicted octanol–water partition coefficient (Wildman–Crippen LogP) is 0.796. The molecule has 1 aliphatic heterocycles. The second-order valence-corrected chi connectivity index (χ2v) is 4.29. The number of carbonyl (C=O) groups excluding carboxylic acids is 1. The third-order valence-electron chi connectivity index (χ3n) is 2.89. The van der Waals surface area contributed by atoms with Gasteiger partial charge in [-0.05, 0) is 18.4 Å². The molecule has 18 heavy (non-hydrogen) atoms. The molecule has 2 rings (SSSR count). The largest absolute Gasteiger partial charge is 0.391 e. The molecule has 96 valence electrons. The van der Waals surface area contributed by atoms with Crippen molar-refractivity contribution in [2.75, 3.05) is 6.54 Å². The number of hydrogen-bond donors (Lipinski definition) is 2. The highest BCUT2D eigenvalue weighted by Crippen LogP contribution is 2.07. The van der Waals surface area contributed by atoms with Crippen LogP contribution in [0.4, 0.5) is 0 Å². The Morgan fingerprint density at radius 2 is 2.22 bits per heavy atom. The summed E-state index contributed by atoms with van der Waals surface area (Å²) in [4.78, 5) is 16.2. The predicted molar refractivity (Wildman–Crippen MR) is 68.9 cm³/mol. The zero-order chi connectivity index (χ0) is 12.8. The number of carbonyl (C=O) groups is 1. The molecule has 5 heteroatoms. The van der Waals surface area contributed by atoms with Gasteiger partial charge in [0.05, 0.1) is 11.8 Å². The Labute approximate surface area is 106 Å². The van der Waals surface area contributed by atoms with Crippen LogP contribution in [0.2, 0.25) is 0 Å². The van der Waals surface area contributed by atoms with E-state index in [1.54, 1.807) is 0 Å². The van der Waals surface area contributed by atoms with Crippen molar-refractivity contribution < 1.29 is 9.63 Å². The molecule has 1 saturated heterocycles. The van der Waals surface area contributed by atoms with Gasteiger partial charge >= 0.3 is 0 Å². The smallest absolute Gasteiger partial charge is 0.234 e. The van der Waals surface area contributed by atoms with Gasteiger partial charge in [0, 0.05) is 6.54 Å². The second kappa shape index (κ2) is 6.16. The Bertz CT molecular complexity index is 421. The van der Waals surface area contributed by atoms with E-state index < -0.39 is 0 Å². The van der Waals surface area contributed by atoms with Crippen LogP contribution in [0, 0.1) is 0 Å². The fraction of sp³-hybridized carbons (Fsp3) is 0.385. The highest BCUT2D eigenvalue weighted by atomic mass is 16.6. The molecule has 0 aromatic heterocycles. The first-order valence-electron chi connectivity index (χ1n) is 6.00. The van der Waals surface area contributed by atoms with E-state index in [0.717, 1.165) is 17.7 Å². The summed E-state index contributed by atoms with van der Waals surface area (Å²) >= 11 is 0. The summed E-state index contributed by atoms with van der Waals surface area (Å²) in [6, 6.07) is 9.63. The lowest BCUT2D eigenvalue weighted by Crippen LogP contribution is -2.47. The summed E-state index contributed by atoms with van der Waals surface area (Å²) in [7, 11) is 0. The van der Waals surface area contributed by atoms with Gasteiger partial charge in [0.25, 0.3) is 0 Å². The SMILES string of the molecule is NC(=O)[C@@H]1CC/C(=N/OCc2ccccc2)CN1. The van der Waals surface area contributed by atoms with Crippen LogP contribution in [0.15, 0.2) is 35.5 Å². The number of piperidine rings is 1. The molecule has 0 saturated carbocycles. The van der Waals surface area contributed by atoms with Crippen molar-refractivity contribution in [2.45, 2.75) is 25.5 Å². The number of nitrogens with zero attached hydrogens (tertiary/aromatic N) is 1. The van der Waals surface area contributed by atoms with Gasteiger partial charge in [-0.25, -0.2) is 0 Å². The van der Waals surface area contributed by atoms with Crippen LogP contribution >= 0.6 is 0 Å². The van der Waals surface area contributed by atoms with Crippen molar-refractivity contribution in [2.24, 2.45) is 10.9 Å². The number of nitrogens with two attached hydrogens (primary N) is 1. The summed E-state index contributed by atoms with van der Waals surface area (Å²) < 4.78 is 0. The number of nitrogens with one attached hydrogen (secondary N) is 1. The minimum Gasteiger partial charge on any atom is -0.391 e. The molecule has 1 aromatic rings. The monoisotopic (exact) mass is 247 g/mol. The second-order valence-electron chi connectivity index (χ2n) is 4.29. The molecule has 1 aliphatic rings. The summed E-state index contributed by atoms with van der Waals surface area (Å²) in [5.74, 6) is -0.306. The van der Waals surface area contributed by atoms with Gasteiger partial charge in [0.1, 0.15) is 6.61 Å². The van der Waals surface area contributed by atoms with Crippen LogP contribution in [0.5, 0.6) is 0 Å². The summed E-state index contributed by atoms with van der Waals surface area (Å²) in [6.45, 7) is 1.02. The maximum atomic E-state index is 10.9. The van der Waals surface area contributed by atoms with Crippen LogP contribution in [-0.4, -0.2) is 24.2 Å². The molecule has 1 aromatic carbocycles. The molecule has 0 aliphatic carbocycles. The van der Waals surface area contributed by atoms with Crippen LogP contribution in [0.1, 0.15) is 18.4 Å². The first-order chi connectivity index (χ1) is 8.75. The molecule has 0 bridgehead atoms. The molecule has 1 atom stereocenters. The fourth-order valence-electron chi connectivity index (χ4n) is 1.84. The molecule has 1 heterocycles. The standard InChI is InChI=1S/C13H17N3O2/c14-13(17)12-7-6-11(8-15-12)16-18-9-10-4-2-1-3-5-10/h1-5,12,15H,6-9H2,(H2,14,17)/b16-11-/t12-/m0/s1. The first kappa shape index (κ1) is 12.6. The Morgan fingerprint density at radius 3 is 2.83 bits per heavy atom. The molecule has 3 N–H and O–H groups in total. The number of hydrogen-bond acceptors (Lipinski definition) is 4. The molecule has 1 fully saturated rings. The van der Waals surface area contributed by atoms with Crippen LogP contribution < -0.4 is 11.1 Å². The minimum atomic E-state index is -0.306. The zero-order valence-electron chi connectivity index (χ0n) is 10.1. The van der Waals surface area contributed by atoms with Gasteiger partial charge in [0.15, 0.2) is 0 Å². The molecule has 0 spiro atoms. The topological polar surface area (TPSA) is 76.7 Å². The molecule has 0 radical (unpaired) electrons. The summed E-state index contributed by atoms with van der Waals surface area (Å²) in [5, 5.41) is 7.11. The zero-order valence-corrected chi connectivity index (χ0v) is 10.1. The number of amides is 1. The van der Waals surface area contributed by atoms with Crippen molar-refractivity contribution in [1.29, 1.82) is 0 Å². The number of rotatable bonds is 4. The van der Waals surface area contributed by atoms with Gasteiger partial charge in [-0.2, -0.15) is 0 Å². The lowest BCUT2D eigenvalue weighted by Gasteiger charge is -2.21. The maximum absolute atomic E-state index is 10.9. The van der Waals surface area contributed by atoms with E-state index in [2.05, 4.69) is 10.5 Å². The van der Waals surface area contributed by atoms with Gasteiger partial charge in [0.2, 0.25) is 5.91 Å². The quantitative estimate of drug-likeness (QED) is 0.772. The number of oxime groups is 1. The minimum absolute atomic E-state index is 0.238. The van der Waals surface area contributed by atoms with E-state index in [0.29, 0.717) is 19.6 Å². The normalized spacial score (nSPS) is 21.8. The lowest BCUT2D eigenvalue weighted by molar-refractivity contribution is -0.120. The van der Waals surface area contributed by atoms with E-state index >= 15 is 0 Å². The average Bonchev–Trinajstić information content (AvgIpc) is 2.40. The highest BCUT2D eigenvalue weighted by molar-refractivity contribution is 5.89. The van der Waals surface area contributed by atoms with Gasteiger partial charge in [-0.3, -0.25) is 4.79 Å². The van der Waals surface area contributed by atoms with Crippen molar-refractivity contribution in [3.63, 3.8) is 0 Å². The third kappa shape index (κ3) is 3.56. The maximum Gasteiger partial charge on any atom is 0.234 e. The summed E-state index contributed by atoms with van der Waals surface area (Å²) in [5.41, 5.74) is 7.22. The fourth-order valence-corrected chi connectivity index (χ4v) is 1.84. The summed E-state index contributed by atoms with van der Waals surface area (Å²) in [6.07, 6.45) is 1.43. The van der Waals surface area contributed by atoms with E-state index in [4.69, 9.17) is 10.6 Å². The van der Waals surface area contributed by atoms with Crippen LogP contribution in [0.25, 0.3) is 0 Å². The van der Waals surface area contributed by atoms with Gasteiger partial charge in [-0.15, -0.1) is 0 Å². The first-order valence-corrected chi connectivity index (χ1v) is 6.00. The van der Waals surface area contributed by atoms with Crippen LogP contribution in [-0.2, 0) is 16.2 Å². The van der Waals surface area contributed by atoms with E-state index in [1.165, 1.54) is 0 Å². The van der Waals surface area contributed by atoms with E-state index in [-0.39, 0.29) is 11.9 Å². The molecular formula is C13H17N3O2. The van der Waals surface area contributed by atoms with Crippen molar-refractivity contribution in [1.82, 2.24) is 5.32 Å². The Balaban J connectivity index is 1.76. The van der Waals surface area contributed by atoms with Crippen LogP contribution in [0.3, 0.4) is 0 Å². The van der Waals surface area contributed by atoms with Gasteiger partial charge in [-0.1, -0.05) is 35.5 Å². The number of primary amides is 1. The van der Waals surface area contributed by atoms with Gasteiger partial charge < -0.3 is 15.9 Å². The van der Waals surface area contributed by atoms with Crippen molar-refractivity contribution in [3.05, 3.63) is 35.9 Å². The molecule has 5 nitrogen and oxygen atoms in total. The Morgan fingerprint density at radius 1 is 1.44 bits per heavy atom. The van der Waals surface area contributed by atoms with Crippen molar-refractivity contribution in [3.8, 4) is 0 Å². The molecule has 1 amide bonds. The van der Waals surface area contributed by atoms with E-state index in [1.807, 2.05) is 30.3 Å². The van der Waals surface area contributed by atoms with E-state index in [9.17, 15) is 4.79 Å². The highest BCUT2D eigenvalue weighted by Gasteiger charge is 2.21. The Kier molecular flexibility index (Phi) is 4.30. The third-order valence-corrected chi connectivity index (χ3v) is 2.89. The Hall–Kier alpha value is -1.88. The number of benzene rings is 1. The van der Waals surface area contributed by atoms with Crippen molar-refractivity contribution >= 4 is 11.6 Å². The lowest BCUT2D eigenvalue weighted by atomic mass is 10.0.